The third kappa shape index (κ3) is 2.38. The molecule has 0 unspecified atom stereocenters. The minimum atomic E-state index is -1.36. The molecule has 0 fully saturated rings. The van der Waals surface area contributed by atoms with Gasteiger partial charge in [-0.15, -0.1) is 0 Å². The molecule has 20 heavy (non-hydrogen) atoms. The smallest absolute Gasteiger partial charge is 0.167 e. The molecule has 0 aliphatic rings. The monoisotopic (exact) mass is 306 g/mol. The van der Waals surface area contributed by atoms with Crippen molar-refractivity contribution in [3.05, 3.63) is 57.9 Å². The third-order valence-corrected chi connectivity index (χ3v) is 3.26. The van der Waals surface area contributed by atoms with E-state index in [4.69, 9.17) is 11.6 Å². The predicted octanol–water partition coefficient (Wildman–Crippen LogP) is 5.26. The first kappa shape index (κ1) is 14.8. The Hall–Kier alpha value is -1.62. The van der Waals surface area contributed by atoms with Gasteiger partial charge in [0.1, 0.15) is 22.5 Å². The van der Waals surface area contributed by atoms with Crippen LogP contribution in [0.15, 0.2) is 18.2 Å². The third-order valence-electron chi connectivity index (χ3n) is 2.90. The van der Waals surface area contributed by atoms with Gasteiger partial charge in [-0.2, -0.15) is 0 Å². The highest BCUT2D eigenvalue weighted by atomic mass is 35.5. The molecular formula is C14H8ClF5. The Bertz CT molecular complexity index is 659. The van der Waals surface area contributed by atoms with Gasteiger partial charge in [0.2, 0.25) is 0 Å². The largest absolute Gasteiger partial charge is 0.207 e. The Balaban J connectivity index is 2.71. The Morgan fingerprint density at radius 1 is 0.850 bits per heavy atom. The molecule has 0 aliphatic carbocycles. The molecule has 0 amide bonds. The molecule has 2 aromatic rings. The number of hydrogen-bond donors (Lipinski definition) is 0. The quantitative estimate of drug-likeness (QED) is 0.403. The minimum Gasteiger partial charge on any atom is -0.207 e. The number of benzene rings is 2. The molecule has 0 saturated heterocycles. The van der Waals surface area contributed by atoms with Crippen LogP contribution in [-0.2, 0) is 6.42 Å². The van der Waals surface area contributed by atoms with Crippen molar-refractivity contribution >= 4 is 11.6 Å². The summed E-state index contributed by atoms with van der Waals surface area (Å²) in [6.45, 7) is 1.46. The Labute approximate surface area is 116 Å². The summed E-state index contributed by atoms with van der Waals surface area (Å²) >= 11 is 5.30. The van der Waals surface area contributed by atoms with Crippen molar-refractivity contribution in [1.29, 1.82) is 0 Å². The average molecular weight is 307 g/mol. The van der Waals surface area contributed by atoms with Gasteiger partial charge in [-0.1, -0.05) is 18.5 Å². The topological polar surface area (TPSA) is 0 Å². The van der Waals surface area contributed by atoms with E-state index in [0.717, 1.165) is 0 Å². The summed E-state index contributed by atoms with van der Waals surface area (Å²) in [5, 5.41) is -0.764. The zero-order valence-corrected chi connectivity index (χ0v) is 11.0. The van der Waals surface area contributed by atoms with Crippen molar-refractivity contribution in [1.82, 2.24) is 0 Å². The van der Waals surface area contributed by atoms with Crippen molar-refractivity contribution in [3.8, 4) is 11.1 Å². The lowest BCUT2D eigenvalue weighted by Crippen LogP contribution is -2.01. The molecule has 0 nitrogen and oxygen atoms in total. The zero-order chi connectivity index (χ0) is 15.0. The van der Waals surface area contributed by atoms with Gasteiger partial charge >= 0.3 is 0 Å². The summed E-state index contributed by atoms with van der Waals surface area (Å²) in [5.41, 5.74) is -1.31. The maximum absolute atomic E-state index is 13.9. The van der Waals surface area contributed by atoms with Gasteiger partial charge in [-0.25, -0.2) is 22.0 Å². The van der Waals surface area contributed by atoms with Crippen LogP contribution in [0.4, 0.5) is 22.0 Å². The van der Waals surface area contributed by atoms with Crippen LogP contribution >= 0.6 is 11.6 Å². The normalized spacial score (nSPS) is 10.9. The minimum absolute atomic E-state index is 0.0434. The maximum atomic E-state index is 13.9. The van der Waals surface area contributed by atoms with Crippen molar-refractivity contribution in [3.63, 3.8) is 0 Å². The second-order valence-electron chi connectivity index (χ2n) is 4.12. The van der Waals surface area contributed by atoms with Gasteiger partial charge in [-0.3, -0.25) is 0 Å². The number of rotatable bonds is 2. The lowest BCUT2D eigenvalue weighted by atomic mass is 10.0. The summed E-state index contributed by atoms with van der Waals surface area (Å²) in [7, 11) is 0. The Morgan fingerprint density at radius 3 is 1.90 bits per heavy atom. The van der Waals surface area contributed by atoms with E-state index in [1.54, 1.807) is 0 Å². The second-order valence-corrected chi connectivity index (χ2v) is 4.50. The molecule has 6 heteroatoms. The molecule has 2 rings (SSSR count). The lowest BCUT2D eigenvalue weighted by molar-refractivity contribution is 0.483. The molecule has 0 N–H and O–H groups in total. The van der Waals surface area contributed by atoms with E-state index in [1.807, 2.05) is 0 Å². The Kier molecular flexibility index (Phi) is 3.99. The van der Waals surface area contributed by atoms with E-state index in [1.165, 1.54) is 6.92 Å². The first-order chi connectivity index (χ1) is 9.36. The summed E-state index contributed by atoms with van der Waals surface area (Å²) in [6, 6.07) is 2.14. The van der Waals surface area contributed by atoms with E-state index in [-0.39, 0.29) is 12.0 Å². The summed E-state index contributed by atoms with van der Waals surface area (Å²) in [4.78, 5) is 0. The average Bonchev–Trinajstić information content (AvgIpc) is 2.40. The van der Waals surface area contributed by atoms with Crippen molar-refractivity contribution in [2.45, 2.75) is 13.3 Å². The molecule has 2 aromatic carbocycles. The molecule has 0 saturated carbocycles. The summed E-state index contributed by atoms with van der Waals surface area (Å²) in [6.07, 6.45) is -0.0434. The molecule has 0 radical (unpaired) electrons. The van der Waals surface area contributed by atoms with E-state index in [0.29, 0.717) is 18.2 Å². The predicted molar refractivity (Wildman–Crippen MR) is 66.1 cm³/mol. The fourth-order valence-electron chi connectivity index (χ4n) is 1.88. The molecular weight excluding hydrogens is 299 g/mol. The van der Waals surface area contributed by atoms with Gasteiger partial charge in [0.15, 0.2) is 11.6 Å². The van der Waals surface area contributed by atoms with Gasteiger partial charge < -0.3 is 0 Å². The first-order valence-corrected chi connectivity index (χ1v) is 6.05. The highest BCUT2D eigenvalue weighted by Gasteiger charge is 2.20. The van der Waals surface area contributed by atoms with Crippen LogP contribution in [-0.4, -0.2) is 0 Å². The summed E-state index contributed by atoms with van der Waals surface area (Å²) < 4.78 is 67.8. The molecule has 0 aromatic heterocycles. The highest BCUT2D eigenvalue weighted by molar-refractivity contribution is 6.31. The Morgan fingerprint density at radius 2 is 1.40 bits per heavy atom. The van der Waals surface area contributed by atoms with Gasteiger partial charge in [0.25, 0.3) is 0 Å². The van der Waals surface area contributed by atoms with Crippen LogP contribution in [0.25, 0.3) is 11.1 Å². The zero-order valence-electron chi connectivity index (χ0n) is 10.2. The maximum Gasteiger partial charge on any atom is 0.167 e. The molecule has 0 spiro atoms. The highest BCUT2D eigenvalue weighted by Crippen LogP contribution is 2.32. The lowest BCUT2D eigenvalue weighted by Gasteiger charge is -2.10. The van der Waals surface area contributed by atoms with Gasteiger partial charge in [0.05, 0.1) is 0 Å². The molecule has 0 aliphatic heterocycles. The second kappa shape index (κ2) is 5.40. The standard InChI is InChI=1S/C14H8ClF5/c1-2-7-9(16)5-8(14(20)13(7)19)6-3-10(17)12(15)11(18)4-6/h3-5H,2H2,1H3. The number of halogens is 6. The fourth-order valence-corrected chi connectivity index (χ4v) is 1.99. The molecule has 0 bridgehead atoms. The van der Waals surface area contributed by atoms with E-state index >= 15 is 0 Å². The van der Waals surface area contributed by atoms with Crippen LogP contribution in [0, 0.1) is 29.1 Å². The van der Waals surface area contributed by atoms with Gasteiger partial charge in [-0.05, 0) is 30.2 Å². The molecule has 106 valence electrons. The number of hydrogen-bond acceptors (Lipinski definition) is 0. The SMILES string of the molecule is CCc1c(F)cc(-c2cc(F)c(Cl)c(F)c2)c(F)c1F. The van der Waals surface area contributed by atoms with Crippen molar-refractivity contribution < 1.29 is 22.0 Å². The van der Waals surface area contributed by atoms with Gasteiger partial charge in [0, 0.05) is 11.1 Å². The van der Waals surface area contributed by atoms with E-state index < -0.39 is 45.2 Å². The van der Waals surface area contributed by atoms with Crippen LogP contribution < -0.4 is 0 Å². The van der Waals surface area contributed by atoms with Crippen LogP contribution in [0.1, 0.15) is 12.5 Å². The van der Waals surface area contributed by atoms with Crippen LogP contribution in [0.3, 0.4) is 0 Å². The first-order valence-electron chi connectivity index (χ1n) is 5.68. The van der Waals surface area contributed by atoms with E-state index in [2.05, 4.69) is 0 Å². The van der Waals surface area contributed by atoms with Crippen molar-refractivity contribution in [2.24, 2.45) is 0 Å². The molecule has 0 heterocycles. The summed E-state index contributed by atoms with van der Waals surface area (Å²) in [5.74, 6) is -5.97. The van der Waals surface area contributed by atoms with Crippen LogP contribution in [0.2, 0.25) is 5.02 Å². The van der Waals surface area contributed by atoms with Crippen LogP contribution in [0.5, 0.6) is 0 Å². The molecule has 0 atom stereocenters. The fraction of sp³-hybridized carbons (Fsp3) is 0.143. The van der Waals surface area contributed by atoms with E-state index in [9.17, 15) is 22.0 Å². The van der Waals surface area contributed by atoms with Crippen molar-refractivity contribution in [2.75, 3.05) is 0 Å².